The zero-order valence-corrected chi connectivity index (χ0v) is 17.2. The van der Waals surface area contributed by atoms with Crippen LogP contribution in [0, 0.1) is 17.8 Å². The third kappa shape index (κ3) is 5.37. The van der Waals surface area contributed by atoms with E-state index in [-0.39, 0.29) is 0 Å². The van der Waals surface area contributed by atoms with Gasteiger partial charge in [0.25, 0.3) is 0 Å². The van der Waals surface area contributed by atoms with Crippen molar-refractivity contribution in [3.8, 4) is 0 Å². The summed E-state index contributed by atoms with van der Waals surface area (Å²) in [5, 5.41) is 8.08. The topological polar surface area (TPSA) is 30.5 Å². The van der Waals surface area contributed by atoms with Crippen molar-refractivity contribution in [2.45, 2.75) is 54.0 Å². The molecule has 3 saturated heterocycles. The van der Waals surface area contributed by atoms with Crippen LogP contribution in [-0.4, -0.2) is 61.0 Å². The van der Waals surface area contributed by atoms with E-state index in [4.69, 9.17) is 0 Å². The first-order chi connectivity index (χ1) is 10.8. The highest BCUT2D eigenvalue weighted by atomic mass is 31.2. The first kappa shape index (κ1) is 19.6. The van der Waals surface area contributed by atoms with E-state index in [1.807, 2.05) is 0 Å². The van der Waals surface area contributed by atoms with E-state index in [1.54, 1.807) is 0 Å². The smallest absolute Gasteiger partial charge is 0.222 e. The molecule has 3 rings (SSSR count). The number of nitrogens with zero attached hydrogens (tertiary/aromatic N) is 2. The van der Waals surface area contributed by atoms with Crippen molar-refractivity contribution < 1.29 is 0 Å². The Balaban J connectivity index is 2.35. The molecule has 3 fully saturated rings. The van der Waals surface area contributed by atoms with Crippen LogP contribution in [0.5, 0.6) is 0 Å². The van der Waals surface area contributed by atoms with Gasteiger partial charge in [-0.15, -0.1) is 4.67 Å². The SMILES string of the molecule is CC(C)CC1CN2CCN[P+](CC(C)C)(NCC2)N1CC(C)C. The fourth-order valence-corrected chi connectivity index (χ4v) is 8.42. The van der Waals surface area contributed by atoms with Crippen LogP contribution in [0.15, 0.2) is 0 Å². The summed E-state index contributed by atoms with van der Waals surface area (Å²) in [6, 6.07) is 0.685. The number of hydrogen-bond donors (Lipinski definition) is 2. The molecule has 0 amide bonds. The zero-order valence-electron chi connectivity index (χ0n) is 16.3. The fraction of sp³-hybridized carbons (Fsp3) is 1.00. The third-order valence-corrected chi connectivity index (χ3v) is 8.98. The second-order valence-electron chi connectivity index (χ2n) is 8.76. The molecular formula is C18H40N4P+. The molecule has 1 atom stereocenters. The monoisotopic (exact) mass is 343 g/mol. The van der Waals surface area contributed by atoms with Crippen LogP contribution < -0.4 is 10.2 Å². The maximum absolute atomic E-state index is 4.04. The van der Waals surface area contributed by atoms with Gasteiger partial charge in [0, 0.05) is 39.3 Å². The van der Waals surface area contributed by atoms with Crippen LogP contribution in [0.25, 0.3) is 0 Å². The minimum Gasteiger partial charge on any atom is -0.299 e. The predicted molar refractivity (Wildman–Crippen MR) is 104 cm³/mol. The second-order valence-corrected chi connectivity index (χ2v) is 11.8. The summed E-state index contributed by atoms with van der Waals surface area (Å²) in [6.45, 7) is 21.4. The third-order valence-electron chi connectivity index (χ3n) is 4.86. The van der Waals surface area contributed by atoms with Gasteiger partial charge in [0.1, 0.15) is 6.16 Å². The molecule has 3 aliphatic rings. The van der Waals surface area contributed by atoms with Crippen molar-refractivity contribution in [2.24, 2.45) is 17.8 Å². The molecule has 0 aromatic heterocycles. The zero-order chi connectivity index (χ0) is 17.0. The molecule has 0 aliphatic carbocycles. The summed E-state index contributed by atoms with van der Waals surface area (Å²) in [4.78, 5) is 2.67. The molecule has 5 heteroatoms. The molecule has 2 bridgehead atoms. The van der Waals surface area contributed by atoms with Crippen LogP contribution in [-0.2, 0) is 0 Å². The Kier molecular flexibility index (Phi) is 7.31. The van der Waals surface area contributed by atoms with Gasteiger partial charge in [0.2, 0.25) is 7.71 Å². The molecule has 0 saturated carbocycles. The molecule has 4 nitrogen and oxygen atoms in total. The van der Waals surface area contributed by atoms with Crippen molar-refractivity contribution in [2.75, 3.05) is 45.4 Å². The van der Waals surface area contributed by atoms with E-state index in [0.717, 1.165) is 24.9 Å². The molecule has 3 heterocycles. The largest absolute Gasteiger partial charge is 0.299 e. The van der Waals surface area contributed by atoms with Gasteiger partial charge in [-0.3, -0.25) is 4.90 Å². The van der Waals surface area contributed by atoms with E-state index in [1.165, 1.54) is 38.8 Å². The van der Waals surface area contributed by atoms with Gasteiger partial charge in [-0.1, -0.05) is 41.5 Å². The van der Waals surface area contributed by atoms with Crippen LogP contribution in [0.1, 0.15) is 48.0 Å². The first-order valence-corrected chi connectivity index (χ1v) is 11.6. The minimum absolute atomic E-state index is 0.685. The molecule has 136 valence electrons. The Morgan fingerprint density at radius 3 is 2.00 bits per heavy atom. The van der Waals surface area contributed by atoms with Gasteiger partial charge in [0.05, 0.1) is 6.04 Å². The van der Waals surface area contributed by atoms with E-state index >= 15 is 0 Å². The summed E-state index contributed by atoms with van der Waals surface area (Å²) >= 11 is 0. The lowest BCUT2D eigenvalue weighted by atomic mass is 10.0. The lowest BCUT2D eigenvalue weighted by Gasteiger charge is -2.48. The summed E-state index contributed by atoms with van der Waals surface area (Å²) in [5.41, 5.74) is 0. The minimum atomic E-state index is -1.45. The molecule has 1 unspecified atom stereocenters. The maximum Gasteiger partial charge on any atom is 0.222 e. The van der Waals surface area contributed by atoms with Gasteiger partial charge in [-0.05, 0) is 24.2 Å². The highest BCUT2D eigenvalue weighted by Crippen LogP contribution is 2.58. The van der Waals surface area contributed by atoms with Crippen LogP contribution in [0.3, 0.4) is 0 Å². The van der Waals surface area contributed by atoms with Gasteiger partial charge in [-0.2, -0.15) is 10.2 Å². The number of rotatable bonds is 6. The standard InChI is InChI=1S/C18H40N4P/c1-15(2)11-18-13-21-9-7-19-23(14-17(5)6,20-8-10-21)22(18)12-16(3)4/h15-20H,7-14H2,1-6H3/q+1. The predicted octanol–water partition coefficient (Wildman–Crippen LogP) is 3.29. The highest BCUT2D eigenvalue weighted by Gasteiger charge is 2.51. The van der Waals surface area contributed by atoms with Gasteiger partial charge in [-0.25, -0.2) is 0 Å². The molecule has 0 aromatic rings. The van der Waals surface area contributed by atoms with E-state index < -0.39 is 7.71 Å². The number of hydrogen-bond acceptors (Lipinski definition) is 4. The number of nitrogens with one attached hydrogen (secondary N) is 2. The van der Waals surface area contributed by atoms with Crippen molar-refractivity contribution in [3.05, 3.63) is 0 Å². The van der Waals surface area contributed by atoms with Crippen molar-refractivity contribution >= 4 is 7.71 Å². The Morgan fingerprint density at radius 1 is 0.913 bits per heavy atom. The molecule has 0 radical (unpaired) electrons. The number of fused-ring (bicyclic) bond motifs is 6. The van der Waals surface area contributed by atoms with Gasteiger partial charge < -0.3 is 0 Å². The Bertz CT molecular complexity index is 349. The normalized spacial score (nSPS) is 33.3. The Hall–Kier alpha value is 0.270. The fourth-order valence-electron chi connectivity index (χ4n) is 4.15. The van der Waals surface area contributed by atoms with Gasteiger partial charge >= 0.3 is 0 Å². The summed E-state index contributed by atoms with van der Waals surface area (Å²) in [6.07, 6.45) is 2.60. The molecule has 23 heavy (non-hydrogen) atoms. The summed E-state index contributed by atoms with van der Waals surface area (Å²) in [5.74, 6) is 2.20. The second kappa shape index (κ2) is 8.58. The molecule has 2 N–H and O–H groups in total. The van der Waals surface area contributed by atoms with E-state index in [9.17, 15) is 0 Å². The van der Waals surface area contributed by atoms with Crippen LogP contribution in [0.4, 0.5) is 0 Å². The highest BCUT2D eigenvalue weighted by molar-refractivity contribution is 7.69. The molecule has 0 spiro atoms. The quantitative estimate of drug-likeness (QED) is 0.725. The lowest BCUT2D eigenvalue weighted by molar-refractivity contribution is 0.156. The average Bonchev–Trinajstić information content (AvgIpc) is 2.37. The summed E-state index contributed by atoms with van der Waals surface area (Å²) < 4.78 is 2.91. The Morgan fingerprint density at radius 2 is 1.52 bits per heavy atom. The van der Waals surface area contributed by atoms with E-state index in [0.29, 0.717) is 12.0 Å². The first-order valence-electron chi connectivity index (χ1n) is 9.70. The molecule has 3 aliphatic heterocycles. The van der Waals surface area contributed by atoms with Crippen molar-refractivity contribution in [1.82, 2.24) is 19.7 Å². The average molecular weight is 344 g/mol. The van der Waals surface area contributed by atoms with Crippen molar-refractivity contribution in [1.29, 1.82) is 0 Å². The van der Waals surface area contributed by atoms with E-state index in [2.05, 4.69) is 61.3 Å². The summed E-state index contributed by atoms with van der Waals surface area (Å²) in [7, 11) is -1.45. The Labute approximate surface area is 145 Å². The van der Waals surface area contributed by atoms with Gasteiger partial charge in [0.15, 0.2) is 0 Å². The van der Waals surface area contributed by atoms with Crippen LogP contribution >= 0.6 is 7.71 Å². The molecule has 0 aromatic carbocycles. The van der Waals surface area contributed by atoms with Crippen molar-refractivity contribution in [3.63, 3.8) is 0 Å². The molecular weight excluding hydrogens is 303 g/mol. The van der Waals surface area contributed by atoms with Crippen LogP contribution in [0.2, 0.25) is 0 Å². The maximum atomic E-state index is 4.04. The lowest BCUT2D eigenvalue weighted by Crippen LogP contribution is -2.59.